The van der Waals surface area contributed by atoms with Gasteiger partial charge in [-0.3, -0.25) is 24.7 Å². The van der Waals surface area contributed by atoms with E-state index >= 15 is 0 Å². The van der Waals surface area contributed by atoms with Gasteiger partial charge in [-0.2, -0.15) is 0 Å². The Labute approximate surface area is 364 Å². The maximum Gasteiger partial charge on any atom is 0.410 e. The zero-order valence-electron chi connectivity index (χ0n) is 37.8. The minimum Gasteiger partial charge on any atom is -0.458 e. The van der Waals surface area contributed by atoms with Gasteiger partial charge in [0.05, 0.1) is 73.2 Å². The highest BCUT2D eigenvalue weighted by Crippen LogP contribution is 2.45. The van der Waals surface area contributed by atoms with Crippen molar-refractivity contribution in [2.45, 2.75) is 141 Å². The van der Waals surface area contributed by atoms with Crippen LogP contribution in [0.1, 0.15) is 80.3 Å². The fourth-order valence-corrected chi connectivity index (χ4v) is 10.5. The Morgan fingerprint density at radius 3 is 2.56 bits per heavy atom. The molecular formula is C45H65N7O10. The lowest BCUT2D eigenvalue weighted by atomic mass is 9.72. The van der Waals surface area contributed by atoms with Crippen molar-refractivity contribution in [2.75, 3.05) is 40.4 Å². The van der Waals surface area contributed by atoms with Gasteiger partial charge in [-0.15, -0.1) is 0 Å². The number of hydrogen-bond donors (Lipinski definition) is 1. The number of esters is 1. The van der Waals surface area contributed by atoms with Gasteiger partial charge in [-0.05, 0) is 79.1 Å². The number of fused-ring (bicyclic) bond motifs is 4. The average Bonchev–Trinajstić information content (AvgIpc) is 3.39. The van der Waals surface area contributed by atoms with Crippen LogP contribution in [-0.4, -0.2) is 154 Å². The molecule has 2 aromatic heterocycles. The first-order chi connectivity index (χ1) is 29.5. The van der Waals surface area contributed by atoms with E-state index in [1.54, 1.807) is 30.4 Å². The molecule has 0 unspecified atom stereocenters. The summed E-state index contributed by atoms with van der Waals surface area (Å²) in [5.74, 6) is -2.33. The Balaban J connectivity index is 1.28. The van der Waals surface area contributed by atoms with Gasteiger partial charge in [0, 0.05) is 42.5 Å². The van der Waals surface area contributed by atoms with Gasteiger partial charge in [-0.25, -0.2) is 9.78 Å². The Morgan fingerprint density at radius 2 is 1.84 bits per heavy atom. The summed E-state index contributed by atoms with van der Waals surface area (Å²) in [6.45, 7) is 16.5. The van der Waals surface area contributed by atoms with Gasteiger partial charge in [0.25, 0.3) is 0 Å². The first-order valence-corrected chi connectivity index (χ1v) is 22.1. The lowest BCUT2D eigenvalue weighted by molar-refractivity contribution is -0.302. The van der Waals surface area contributed by atoms with Crippen molar-refractivity contribution >= 4 is 23.5 Å². The number of nitrogens with zero attached hydrogens (tertiary/aromatic N) is 7. The van der Waals surface area contributed by atoms with Gasteiger partial charge >= 0.3 is 12.1 Å². The van der Waals surface area contributed by atoms with Crippen molar-refractivity contribution in [1.29, 1.82) is 0 Å². The van der Waals surface area contributed by atoms with Gasteiger partial charge in [0.1, 0.15) is 23.6 Å². The maximum atomic E-state index is 14.6. The largest absolute Gasteiger partial charge is 0.458 e. The predicted molar refractivity (Wildman–Crippen MR) is 228 cm³/mol. The van der Waals surface area contributed by atoms with Crippen LogP contribution in [0.4, 0.5) is 4.79 Å². The summed E-state index contributed by atoms with van der Waals surface area (Å²) in [4.78, 5) is 56.2. The Bertz CT molecular complexity index is 1960. The second-order valence-electron chi connectivity index (χ2n) is 18.4. The zero-order valence-corrected chi connectivity index (χ0v) is 37.8. The number of aliphatic imine (C=N–C) groups is 1. The van der Waals surface area contributed by atoms with E-state index in [1.807, 2.05) is 71.8 Å². The Hall–Kier alpha value is -4.13. The van der Waals surface area contributed by atoms with Crippen molar-refractivity contribution in [1.82, 2.24) is 24.8 Å². The van der Waals surface area contributed by atoms with E-state index in [2.05, 4.69) is 29.0 Å². The third kappa shape index (κ3) is 9.25. The Morgan fingerprint density at radius 1 is 1.05 bits per heavy atom. The SMILES string of the molecule is CC[C@@H]1OC(=O)[C@H](C)[C@H]2OCC(=NOCc3cccc(-c4cnccn4)n3)CO[C@](C)(C[C@@H](C)C3=NCCN4C(=O)O[C@@]1(C)[C@H]4[C@H]3C)[C@@H](O[C@H]1O[C@@H](C)C[C@@H](N(C)C)[C@@H]1O)[C@@H]2C. The molecule has 17 heteroatoms. The molecule has 4 saturated heterocycles. The summed E-state index contributed by atoms with van der Waals surface area (Å²) >= 11 is 0. The quantitative estimate of drug-likeness (QED) is 0.284. The van der Waals surface area contributed by atoms with Crippen LogP contribution in [0.3, 0.4) is 0 Å². The number of likely N-dealkylation sites (N-methyl/N-ethyl adjacent to an activating group) is 1. The van der Waals surface area contributed by atoms with E-state index in [1.165, 1.54) is 0 Å². The molecule has 2 aromatic rings. The van der Waals surface area contributed by atoms with Crippen molar-refractivity contribution in [3.63, 3.8) is 0 Å². The molecule has 5 aliphatic heterocycles. The number of oxime groups is 1. The van der Waals surface area contributed by atoms with Gasteiger partial charge in [0.15, 0.2) is 18.5 Å². The van der Waals surface area contributed by atoms with Gasteiger partial charge in [-0.1, -0.05) is 38.9 Å². The second-order valence-corrected chi connectivity index (χ2v) is 18.4. The van der Waals surface area contributed by atoms with E-state index in [4.69, 9.17) is 43.2 Å². The molecule has 7 heterocycles. The normalized spacial score (nSPS) is 38.9. The average molecular weight is 864 g/mol. The van der Waals surface area contributed by atoms with Crippen molar-refractivity contribution in [3.05, 3.63) is 42.5 Å². The van der Waals surface area contributed by atoms with E-state index in [0.29, 0.717) is 55.1 Å². The van der Waals surface area contributed by atoms with Crippen LogP contribution in [0.25, 0.3) is 11.4 Å². The molecule has 1 N–H and O–H groups in total. The molecule has 7 rings (SSSR count). The molecule has 17 nitrogen and oxygen atoms in total. The van der Waals surface area contributed by atoms with E-state index in [-0.39, 0.29) is 43.8 Å². The summed E-state index contributed by atoms with van der Waals surface area (Å²) in [7, 11) is 3.87. The number of rotatable bonds is 8. The maximum absolute atomic E-state index is 14.6. The smallest absolute Gasteiger partial charge is 0.410 e. The van der Waals surface area contributed by atoms with Crippen molar-refractivity contribution in [2.24, 2.45) is 33.8 Å². The highest BCUT2D eigenvalue weighted by Gasteiger charge is 2.60. The van der Waals surface area contributed by atoms with Crippen LogP contribution in [0.15, 0.2) is 46.9 Å². The van der Waals surface area contributed by atoms with Crippen LogP contribution in [0, 0.1) is 23.7 Å². The minimum absolute atomic E-state index is 0.00399. The van der Waals surface area contributed by atoms with Crippen LogP contribution in [-0.2, 0) is 44.7 Å². The first-order valence-electron chi connectivity index (χ1n) is 22.1. The third-order valence-corrected chi connectivity index (χ3v) is 13.6. The number of cyclic esters (lactones) is 1. The molecule has 62 heavy (non-hydrogen) atoms. The lowest BCUT2D eigenvalue weighted by Crippen LogP contribution is -2.60. The highest BCUT2D eigenvalue weighted by molar-refractivity contribution is 5.91. The molecule has 0 saturated carbocycles. The molecule has 0 aromatic carbocycles. The molecule has 0 aliphatic carbocycles. The molecule has 4 bridgehead atoms. The number of amides is 1. The van der Waals surface area contributed by atoms with Gasteiger partial charge in [0.2, 0.25) is 0 Å². The molecule has 1 amide bonds. The molecule has 0 spiro atoms. The van der Waals surface area contributed by atoms with E-state index < -0.39 is 71.8 Å². The van der Waals surface area contributed by atoms with E-state index in [0.717, 1.165) is 5.71 Å². The monoisotopic (exact) mass is 863 g/mol. The van der Waals surface area contributed by atoms with Gasteiger partial charge < -0.3 is 43.3 Å². The summed E-state index contributed by atoms with van der Waals surface area (Å²) in [6.07, 6.45) is 1.30. The standard InChI is InChI=1S/C45H65N7O10/c1-11-35-45(8)39-27(4)36(48-17-18-52(39)43(55)62-45)25(2)20-44(7)40(61-42-37(53)34(51(9)10)19-26(3)59-42)28(5)38(29(6)41(54)60-35)56-22-31(23-57-44)50-58-24-30-13-12-14-32(49-30)33-21-46-15-16-47-33/h12-16,21,25-29,34-35,37-40,42,53H,11,17-20,22-24H2,1-10H3/t25-,26+,27+,28-,29-,34-,35+,37+,38+,39-,40+,42-,44-,45-/m1/s1. The summed E-state index contributed by atoms with van der Waals surface area (Å²) in [6, 6.07) is 4.89. The summed E-state index contributed by atoms with van der Waals surface area (Å²) < 4.78 is 39.9. The molecule has 0 radical (unpaired) electrons. The fourth-order valence-electron chi connectivity index (χ4n) is 10.5. The van der Waals surface area contributed by atoms with E-state index in [9.17, 15) is 14.7 Å². The second kappa shape index (κ2) is 18.9. The molecule has 14 atom stereocenters. The van der Waals surface area contributed by atoms with Crippen LogP contribution < -0.4 is 0 Å². The minimum atomic E-state index is -1.15. The summed E-state index contributed by atoms with van der Waals surface area (Å²) in [5.41, 5.74) is 1.00. The number of hydrogen-bond acceptors (Lipinski definition) is 16. The third-order valence-electron chi connectivity index (χ3n) is 13.6. The molecule has 340 valence electrons. The van der Waals surface area contributed by atoms with Crippen LogP contribution in [0.5, 0.6) is 0 Å². The lowest BCUT2D eigenvalue weighted by Gasteiger charge is -2.48. The fraction of sp³-hybridized carbons (Fsp3) is 0.711. The molecular weight excluding hydrogens is 799 g/mol. The van der Waals surface area contributed by atoms with Crippen molar-refractivity contribution in [3.8, 4) is 11.4 Å². The van der Waals surface area contributed by atoms with Crippen LogP contribution in [0.2, 0.25) is 0 Å². The number of aliphatic hydroxyl groups excluding tert-OH is 1. The van der Waals surface area contributed by atoms with Crippen molar-refractivity contribution < 1.29 is 48.0 Å². The number of ether oxygens (including phenoxy) is 6. The highest BCUT2D eigenvalue weighted by atomic mass is 16.7. The number of aromatic nitrogens is 3. The molecule has 4 fully saturated rings. The molecule has 5 aliphatic rings. The zero-order chi connectivity index (χ0) is 44.5. The number of pyridine rings is 1. The number of aliphatic hydroxyl groups is 1. The number of carbonyl (C=O) groups is 2. The number of carbonyl (C=O) groups excluding carboxylic acids is 2. The Kier molecular flexibility index (Phi) is 14.0. The summed E-state index contributed by atoms with van der Waals surface area (Å²) in [5, 5.41) is 16.3. The topological polar surface area (TPSA) is 189 Å². The predicted octanol–water partition coefficient (Wildman–Crippen LogP) is 4.70. The van der Waals surface area contributed by atoms with Crippen LogP contribution >= 0.6 is 0 Å². The first kappa shape index (κ1) is 45.9.